The maximum absolute atomic E-state index is 13.4. The first kappa shape index (κ1) is 20.4. The zero-order chi connectivity index (χ0) is 21.8. The molecule has 3 aromatic carbocycles. The minimum absolute atomic E-state index is 0.0234. The summed E-state index contributed by atoms with van der Waals surface area (Å²) >= 11 is 1.17. The van der Waals surface area contributed by atoms with Crippen molar-refractivity contribution in [3.8, 4) is 17.1 Å². The molecule has 0 radical (unpaired) electrons. The van der Waals surface area contributed by atoms with E-state index in [1.54, 1.807) is 22.8 Å². The molecule has 0 N–H and O–H groups in total. The van der Waals surface area contributed by atoms with Gasteiger partial charge in [-0.1, -0.05) is 42.1 Å². The Morgan fingerprint density at radius 2 is 1.74 bits per heavy atom. The van der Waals surface area contributed by atoms with Crippen molar-refractivity contribution < 1.29 is 14.1 Å². The van der Waals surface area contributed by atoms with Gasteiger partial charge in [0.2, 0.25) is 0 Å². The molecule has 0 unspecified atom stereocenters. The van der Waals surface area contributed by atoms with Crippen molar-refractivity contribution >= 4 is 23.2 Å². The van der Waals surface area contributed by atoms with Crippen LogP contribution in [0.3, 0.4) is 0 Å². The molecule has 1 heterocycles. The number of carbonyl (C=O) groups is 1. The van der Waals surface area contributed by atoms with Crippen molar-refractivity contribution in [3.63, 3.8) is 0 Å². The lowest BCUT2D eigenvalue weighted by Crippen LogP contribution is -2.05. The molecule has 0 saturated carbocycles. The molecular weight excluding hydrogens is 419 g/mol. The quantitative estimate of drug-likeness (QED) is 0.177. The molecule has 0 atom stereocenters. The van der Waals surface area contributed by atoms with Crippen LogP contribution in [0.2, 0.25) is 0 Å². The zero-order valence-electron chi connectivity index (χ0n) is 16.0. The first-order chi connectivity index (χ1) is 15.0. The van der Waals surface area contributed by atoms with E-state index in [0.717, 1.165) is 5.69 Å². The molecule has 4 rings (SSSR count). The zero-order valence-corrected chi connectivity index (χ0v) is 16.8. The Balaban J connectivity index is 1.64. The molecule has 31 heavy (non-hydrogen) atoms. The second-order valence-corrected chi connectivity index (χ2v) is 7.45. The van der Waals surface area contributed by atoms with E-state index in [4.69, 9.17) is 0 Å². The average Bonchev–Trinajstić information content (AvgIpc) is 3.22. The second-order valence-electron chi connectivity index (χ2n) is 6.50. The monoisotopic (exact) mass is 434 g/mol. The van der Waals surface area contributed by atoms with Crippen LogP contribution < -0.4 is 0 Å². The molecule has 0 aliphatic carbocycles. The Morgan fingerprint density at radius 3 is 2.45 bits per heavy atom. The minimum atomic E-state index is -0.537. The highest BCUT2D eigenvalue weighted by Crippen LogP contribution is 2.28. The summed E-state index contributed by atoms with van der Waals surface area (Å²) in [6, 6.07) is 20.9. The van der Waals surface area contributed by atoms with Gasteiger partial charge in [-0.2, -0.15) is 0 Å². The number of halogens is 1. The third-order valence-electron chi connectivity index (χ3n) is 4.46. The van der Waals surface area contributed by atoms with Crippen LogP contribution in [0, 0.1) is 15.9 Å². The van der Waals surface area contributed by atoms with Crippen LogP contribution in [0.5, 0.6) is 0 Å². The number of nitro benzene ring substituents is 1. The van der Waals surface area contributed by atoms with Gasteiger partial charge in [0.1, 0.15) is 5.82 Å². The largest absolute Gasteiger partial charge is 0.293 e. The van der Waals surface area contributed by atoms with Crippen LogP contribution in [-0.2, 0) is 0 Å². The molecule has 0 amide bonds. The molecule has 0 aliphatic heterocycles. The number of hydrogen-bond acceptors (Lipinski definition) is 6. The maximum Gasteiger partial charge on any atom is 0.270 e. The molecule has 1 aromatic heterocycles. The van der Waals surface area contributed by atoms with Gasteiger partial charge in [0, 0.05) is 28.9 Å². The molecular formula is C22H15FN4O3S. The highest BCUT2D eigenvalue weighted by atomic mass is 32.2. The number of carbonyl (C=O) groups excluding carboxylic acids is 1. The van der Waals surface area contributed by atoms with Gasteiger partial charge in [-0.15, -0.1) is 10.2 Å². The van der Waals surface area contributed by atoms with Crippen molar-refractivity contribution in [3.05, 3.63) is 100 Å². The smallest absolute Gasteiger partial charge is 0.270 e. The highest BCUT2D eigenvalue weighted by Gasteiger charge is 2.18. The lowest BCUT2D eigenvalue weighted by Gasteiger charge is -2.10. The highest BCUT2D eigenvalue weighted by molar-refractivity contribution is 7.99. The first-order valence-electron chi connectivity index (χ1n) is 9.20. The molecule has 0 bridgehead atoms. The number of aromatic nitrogens is 3. The third-order valence-corrected chi connectivity index (χ3v) is 5.39. The number of ketones is 1. The van der Waals surface area contributed by atoms with E-state index >= 15 is 0 Å². The van der Waals surface area contributed by atoms with E-state index in [0.29, 0.717) is 16.5 Å². The van der Waals surface area contributed by atoms with Gasteiger partial charge in [-0.25, -0.2) is 4.39 Å². The lowest BCUT2D eigenvalue weighted by atomic mass is 10.1. The van der Waals surface area contributed by atoms with E-state index < -0.39 is 4.92 Å². The van der Waals surface area contributed by atoms with Crippen LogP contribution in [0.15, 0.2) is 84.0 Å². The number of nitrogens with zero attached hydrogens (tertiary/aromatic N) is 4. The number of thioether (sulfide) groups is 1. The lowest BCUT2D eigenvalue weighted by molar-refractivity contribution is -0.384. The van der Waals surface area contributed by atoms with Crippen LogP contribution in [0.4, 0.5) is 10.1 Å². The number of nitro groups is 1. The van der Waals surface area contributed by atoms with Crippen molar-refractivity contribution in [1.29, 1.82) is 0 Å². The van der Waals surface area contributed by atoms with Gasteiger partial charge in [-0.3, -0.25) is 19.5 Å². The summed E-state index contributed by atoms with van der Waals surface area (Å²) in [5.41, 5.74) is 1.58. The number of Topliss-reactive ketones (excluding diaryl/α,β-unsaturated/α-hetero) is 1. The molecule has 154 valence electrons. The van der Waals surface area contributed by atoms with Crippen LogP contribution in [-0.4, -0.2) is 31.2 Å². The number of rotatable bonds is 7. The molecule has 7 nitrogen and oxygen atoms in total. The van der Waals surface area contributed by atoms with Crippen LogP contribution >= 0.6 is 11.8 Å². The Hall–Kier alpha value is -3.85. The molecule has 0 saturated heterocycles. The van der Waals surface area contributed by atoms with E-state index in [1.165, 1.54) is 42.1 Å². The Morgan fingerprint density at radius 1 is 1.00 bits per heavy atom. The topological polar surface area (TPSA) is 90.9 Å². The van der Waals surface area contributed by atoms with Gasteiger partial charge >= 0.3 is 0 Å². The van der Waals surface area contributed by atoms with E-state index in [-0.39, 0.29) is 28.6 Å². The fraction of sp³-hybridized carbons (Fsp3) is 0.0455. The van der Waals surface area contributed by atoms with Crippen molar-refractivity contribution in [2.24, 2.45) is 0 Å². The van der Waals surface area contributed by atoms with E-state index in [1.807, 2.05) is 30.3 Å². The Bertz CT molecular complexity index is 1240. The van der Waals surface area contributed by atoms with Gasteiger partial charge in [0.15, 0.2) is 16.8 Å². The summed E-state index contributed by atoms with van der Waals surface area (Å²) in [5, 5.41) is 19.9. The predicted molar refractivity (Wildman–Crippen MR) is 115 cm³/mol. The summed E-state index contributed by atoms with van der Waals surface area (Å²) in [6.07, 6.45) is 0. The standard InChI is InChI=1S/C22H15FN4O3S/c23-17-11-9-15(10-12-17)21-24-25-22(26(21)18-6-2-1-3-7-18)31-14-20(28)16-5-4-8-19(13-16)27(29)30/h1-13H,14H2. The minimum Gasteiger partial charge on any atom is -0.293 e. The van der Waals surface area contributed by atoms with Gasteiger partial charge < -0.3 is 0 Å². The average molecular weight is 434 g/mol. The fourth-order valence-electron chi connectivity index (χ4n) is 2.97. The number of non-ortho nitro benzene ring substituents is 1. The third kappa shape index (κ3) is 4.51. The van der Waals surface area contributed by atoms with E-state index in [2.05, 4.69) is 10.2 Å². The van der Waals surface area contributed by atoms with Gasteiger partial charge in [-0.05, 0) is 36.4 Å². The van der Waals surface area contributed by atoms with Gasteiger partial charge in [0.25, 0.3) is 5.69 Å². The van der Waals surface area contributed by atoms with Gasteiger partial charge in [0.05, 0.1) is 10.7 Å². The molecule has 9 heteroatoms. The summed E-state index contributed by atoms with van der Waals surface area (Å²) in [4.78, 5) is 23.0. The van der Waals surface area contributed by atoms with Crippen molar-refractivity contribution in [2.45, 2.75) is 5.16 Å². The molecule has 4 aromatic rings. The molecule has 0 spiro atoms. The maximum atomic E-state index is 13.4. The molecule has 0 aliphatic rings. The van der Waals surface area contributed by atoms with Crippen LogP contribution in [0.1, 0.15) is 10.4 Å². The SMILES string of the molecule is O=C(CSc1nnc(-c2ccc(F)cc2)n1-c1ccccc1)c1cccc([N+](=O)[O-])c1. The number of hydrogen-bond donors (Lipinski definition) is 0. The number of para-hydroxylation sites is 1. The summed E-state index contributed by atoms with van der Waals surface area (Å²) in [5.74, 6) is -0.0851. The first-order valence-corrected chi connectivity index (χ1v) is 10.2. The summed E-state index contributed by atoms with van der Waals surface area (Å²) < 4.78 is 15.1. The van der Waals surface area contributed by atoms with Crippen LogP contribution in [0.25, 0.3) is 17.1 Å². The second kappa shape index (κ2) is 8.88. The normalized spacial score (nSPS) is 10.7. The van der Waals surface area contributed by atoms with Crippen molar-refractivity contribution in [2.75, 3.05) is 5.75 Å². The predicted octanol–water partition coefficient (Wildman–Crippen LogP) is 4.96. The Kier molecular flexibility index (Phi) is 5.85. The Labute approximate surface area is 180 Å². The molecule has 0 fully saturated rings. The van der Waals surface area contributed by atoms with Crippen molar-refractivity contribution in [1.82, 2.24) is 14.8 Å². The van der Waals surface area contributed by atoms with E-state index in [9.17, 15) is 19.3 Å². The summed E-state index contributed by atoms with van der Waals surface area (Å²) in [6.45, 7) is 0. The summed E-state index contributed by atoms with van der Waals surface area (Å²) in [7, 11) is 0. The number of benzene rings is 3. The fourth-order valence-corrected chi connectivity index (χ4v) is 3.81.